The molecule has 2 aromatic rings. The van der Waals surface area contributed by atoms with Crippen molar-refractivity contribution in [3.63, 3.8) is 0 Å². The summed E-state index contributed by atoms with van der Waals surface area (Å²) in [5.41, 5.74) is 16.7. The van der Waals surface area contributed by atoms with Crippen molar-refractivity contribution >= 4 is 17.7 Å². The van der Waals surface area contributed by atoms with Crippen LogP contribution in [0.15, 0.2) is 36.4 Å². The first kappa shape index (κ1) is 27.8. The quantitative estimate of drug-likeness (QED) is 0.365. The number of primary amides is 1. The van der Waals surface area contributed by atoms with Crippen molar-refractivity contribution in [3.05, 3.63) is 42.1 Å². The molecule has 172 valence electrons. The number of amides is 3. The number of carbonyl (C=O) groups is 3. The van der Waals surface area contributed by atoms with Gasteiger partial charge in [0.15, 0.2) is 0 Å². The van der Waals surface area contributed by atoms with E-state index in [2.05, 4.69) is 34.1 Å². The highest BCUT2D eigenvalue weighted by Crippen LogP contribution is 2.21. The summed E-state index contributed by atoms with van der Waals surface area (Å²) in [5, 5.41) is 9.47. The number of nitrogens with zero attached hydrogens (tertiary/aromatic N) is 2. The molecule has 0 bridgehead atoms. The Bertz CT molecular complexity index is 807. The predicted octanol–water partition coefficient (Wildman–Crippen LogP) is -0.241. The highest BCUT2D eigenvalue weighted by molar-refractivity contribution is 5.91. The van der Waals surface area contributed by atoms with Gasteiger partial charge < -0.3 is 27.8 Å². The lowest BCUT2D eigenvalue weighted by Crippen LogP contribution is -2.48. The number of nitrogens with one attached hydrogen (secondary N) is 2. The van der Waals surface area contributed by atoms with Crippen molar-refractivity contribution in [1.29, 1.82) is 0 Å². The summed E-state index contributed by atoms with van der Waals surface area (Å²) in [6.45, 7) is 2.79. The number of nitrogens with two attached hydrogens (primary N) is 3. The summed E-state index contributed by atoms with van der Waals surface area (Å²) < 4.78 is 1.87. The van der Waals surface area contributed by atoms with E-state index in [1.165, 1.54) is 21.1 Å². The number of aromatic nitrogens is 2. The molecule has 2 rings (SSSR count). The molecule has 0 radical (unpaired) electrons. The first-order valence-corrected chi connectivity index (χ1v) is 10.0. The van der Waals surface area contributed by atoms with E-state index in [1.807, 2.05) is 41.1 Å². The zero-order valence-electron chi connectivity index (χ0n) is 18.7. The minimum Gasteiger partial charge on any atom is -0.370 e. The topological polar surface area (TPSA) is 171 Å². The van der Waals surface area contributed by atoms with E-state index in [4.69, 9.17) is 5.73 Å². The normalized spacial score (nSPS) is 10.5. The van der Waals surface area contributed by atoms with Gasteiger partial charge in [-0.1, -0.05) is 37.3 Å². The first-order chi connectivity index (χ1) is 14.9. The Labute approximate surface area is 183 Å². The molecule has 0 spiro atoms. The van der Waals surface area contributed by atoms with E-state index in [9.17, 15) is 14.4 Å². The second kappa shape index (κ2) is 15.6. The van der Waals surface area contributed by atoms with Gasteiger partial charge >= 0.3 is 0 Å². The van der Waals surface area contributed by atoms with E-state index in [0.29, 0.717) is 5.69 Å². The predicted molar refractivity (Wildman–Crippen MR) is 122 cm³/mol. The highest BCUT2D eigenvalue weighted by atomic mass is 16.2. The number of carbonyl (C=O) groups excluding carboxylic acids is 3. The van der Waals surface area contributed by atoms with Crippen LogP contribution in [0.25, 0.3) is 11.3 Å². The molecule has 0 aliphatic heterocycles. The molecule has 3 amide bonds. The molecule has 1 heterocycles. The van der Waals surface area contributed by atoms with Crippen LogP contribution in [0.1, 0.15) is 25.5 Å². The van der Waals surface area contributed by atoms with Crippen molar-refractivity contribution in [2.45, 2.75) is 38.8 Å². The van der Waals surface area contributed by atoms with Crippen LogP contribution in [0.5, 0.6) is 0 Å². The van der Waals surface area contributed by atoms with Gasteiger partial charge in [0, 0.05) is 13.6 Å². The molecule has 0 saturated heterocycles. The smallest absolute Gasteiger partial charge is 0.242 e. The molecule has 31 heavy (non-hydrogen) atoms. The summed E-state index contributed by atoms with van der Waals surface area (Å²) in [6.07, 6.45) is 0.651. The second-order valence-electron chi connectivity index (χ2n) is 6.19. The molecule has 10 nitrogen and oxygen atoms in total. The van der Waals surface area contributed by atoms with Gasteiger partial charge in [0.05, 0.1) is 24.2 Å². The molecule has 0 aliphatic rings. The lowest BCUT2D eigenvalue weighted by Gasteiger charge is -2.15. The number of rotatable bonds is 9. The van der Waals surface area contributed by atoms with Crippen LogP contribution >= 0.6 is 0 Å². The molecular formula is C21H35N7O3. The van der Waals surface area contributed by atoms with Gasteiger partial charge in [0.25, 0.3) is 0 Å². The Morgan fingerprint density at radius 3 is 2.23 bits per heavy atom. The SMILES string of the molecule is CCCn1nc(CC(=O)N[C@@H](CC(N)=O)C(=O)NC)cc1-c1ccccc1.CN.CN. The molecule has 0 saturated carbocycles. The second-order valence-corrected chi connectivity index (χ2v) is 6.19. The van der Waals surface area contributed by atoms with E-state index < -0.39 is 23.8 Å². The molecular weight excluding hydrogens is 398 g/mol. The van der Waals surface area contributed by atoms with Crippen LogP contribution in [-0.2, 0) is 27.3 Å². The van der Waals surface area contributed by atoms with Gasteiger partial charge in [-0.25, -0.2) is 0 Å². The Morgan fingerprint density at radius 2 is 1.71 bits per heavy atom. The maximum atomic E-state index is 12.3. The zero-order chi connectivity index (χ0) is 23.8. The lowest BCUT2D eigenvalue weighted by atomic mass is 10.1. The van der Waals surface area contributed by atoms with E-state index in [1.54, 1.807) is 0 Å². The fourth-order valence-corrected chi connectivity index (χ4v) is 2.77. The van der Waals surface area contributed by atoms with Crippen molar-refractivity contribution in [2.24, 2.45) is 17.2 Å². The summed E-state index contributed by atoms with van der Waals surface area (Å²) >= 11 is 0. The first-order valence-electron chi connectivity index (χ1n) is 10.0. The zero-order valence-corrected chi connectivity index (χ0v) is 18.7. The molecule has 0 aliphatic carbocycles. The molecule has 1 aromatic carbocycles. The van der Waals surface area contributed by atoms with Crippen molar-refractivity contribution in [1.82, 2.24) is 20.4 Å². The summed E-state index contributed by atoms with van der Waals surface area (Å²) in [6, 6.07) is 10.7. The van der Waals surface area contributed by atoms with Gasteiger partial charge in [0.2, 0.25) is 17.7 Å². The molecule has 8 N–H and O–H groups in total. The highest BCUT2D eigenvalue weighted by Gasteiger charge is 2.22. The van der Waals surface area contributed by atoms with Crippen LogP contribution in [-0.4, -0.2) is 54.7 Å². The van der Waals surface area contributed by atoms with Crippen molar-refractivity contribution in [2.75, 3.05) is 21.1 Å². The maximum Gasteiger partial charge on any atom is 0.242 e. The third kappa shape index (κ3) is 9.41. The third-order valence-electron chi connectivity index (χ3n) is 3.98. The van der Waals surface area contributed by atoms with Crippen molar-refractivity contribution in [3.8, 4) is 11.3 Å². The Kier molecular flexibility index (Phi) is 14.0. The van der Waals surface area contributed by atoms with Gasteiger partial charge in [-0.2, -0.15) is 5.10 Å². The average molecular weight is 434 g/mol. The van der Waals surface area contributed by atoms with Crippen LogP contribution in [0.2, 0.25) is 0 Å². The van der Waals surface area contributed by atoms with Crippen molar-refractivity contribution < 1.29 is 14.4 Å². The van der Waals surface area contributed by atoms with Crippen LogP contribution in [0, 0.1) is 0 Å². The molecule has 1 aromatic heterocycles. The molecule has 0 unspecified atom stereocenters. The number of aryl methyl sites for hydroxylation is 1. The maximum absolute atomic E-state index is 12.3. The lowest BCUT2D eigenvalue weighted by molar-refractivity contribution is -0.130. The molecule has 10 heteroatoms. The molecule has 1 atom stereocenters. The summed E-state index contributed by atoms with van der Waals surface area (Å²) in [5.74, 6) is -1.53. The number of benzene rings is 1. The number of likely N-dealkylation sites (N-methyl/N-ethyl adjacent to an activating group) is 1. The number of hydrogen-bond acceptors (Lipinski definition) is 6. The monoisotopic (exact) mass is 433 g/mol. The van der Waals surface area contributed by atoms with E-state index in [-0.39, 0.29) is 12.8 Å². The largest absolute Gasteiger partial charge is 0.370 e. The van der Waals surface area contributed by atoms with E-state index in [0.717, 1.165) is 24.2 Å². The van der Waals surface area contributed by atoms with Gasteiger partial charge in [-0.05, 0) is 32.1 Å². The van der Waals surface area contributed by atoms with Gasteiger partial charge in [-0.15, -0.1) is 0 Å². The Morgan fingerprint density at radius 1 is 1.10 bits per heavy atom. The fraction of sp³-hybridized carbons (Fsp3) is 0.429. The fourth-order valence-electron chi connectivity index (χ4n) is 2.77. The molecule has 0 fully saturated rings. The Balaban J connectivity index is 0.00000212. The minimum absolute atomic E-state index is 0.00278. The van der Waals surface area contributed by atoms with Crippen LogP contribution in [0.4, 0.5) is 0 Å². The average Bonchev–Trinajstić information content (AvgIpc) is 3.18. The van der Waals surface area contributed by atoms with Crippen LogP contribution in [0.3, 0.4) is 0 Å². The third-order valence-corrected chi connectivity index (χ3v) is 3.98. The summed E-state index contributed by atoms with van der Waals surface area (Å²) in [7, 11) is 4.43. The Hall–Kier alpha value is -3.24. The summed E-state index contributed by atoms with van der Waals surface area (Å²) in [4.78, 5) is 35.3. The van der Waals surface area contributed by atoms with Gasteiger partial charge in [0.1, 0.15) is 6.04 Å². The number of hydrogen-bond donors (Lipinski definition) is 5. The standard InChI is InChI=1S/C19H25N5O3.2CH5N/c1-3-9-24-16(13-7-5-4-6-8-13)10-14(23-24)11-18(26)22-15(12-17(20)25)19(27)21-2;2*1-2/h4-8,10,15H,3,9,11-12H2,1-2H3,(H2,20,25)(H,21,27)(H,22,26);2*2H2,1H3/t15-;;/m0../s1. The van der Waals surface area contributed by atoms with Crippen LogP contribution < -0.4 is 27.8 Å². The van der Waals surface area contributed by atoms with Gasteiger partial charge in [-0.3, -0.25) is 19.1 Å². The minimum atomic E-state index is -0.994. The van der Waals surface area contributed by atoms with E-state index >= 15 is 0 Å².